The Labute approximate surface area is 63.3 Å². The maximum atomic E-state index is 10.2. The first-order valence-corrected chi connectivity index (χ1v) is 4.75. The highest BCUT2D eigenvalue weighted by Crippen LogP contribution is 2.16. The summed E-state index contributed by atoms with van der Waals surface area (Å²) < 4.78 is 28.1. The molecule has 0 amide bonds. The van der Waals surface area contributed by atoms with Gasteiger partial charge in [0.15, 0.2) is 0 Å². The molecule has 0 saturated heterocycles. The van der Waals surface area contributed by atoms with Crippen molar-refractivity contribution in [1.82, 2.24) is 0 Å². The Bertz CT molecular complexity index is 176. The Morgan fingerprint density at radius 1 is 1.56 bits per heavy atom. The molecule has 0 unspecified atom stereocenters. The minimum atomic E-state index is -3.83. The molecule has 5 heteroatoms. The van der Waals surface area contributed by atoms with Crippen LogP contribution < -0.4 is 0 Å². The average Bonchev–Trinajstić information content (AvgIpc) is 1.14. The first-order chi connectivity index (χ1) is 3.71. The molecule has 1 N–H and O–H groups in total. The molecule has 0 aromatic rings. The zero-order valence-corrected chi connectivity index (χ0v) is 7.66. The monoisotopic (exact) mass is 216 g/mol. The molecule has 0 radical (unpaired) electrons. The van der Waals surface area contributed by atoms with Gasteiger partial charge in [-0.15, -0.1) is 0 Å². The highest BCUT2D eigenvalue weighted by molar-refractivity contribution is 9.10. The van der Waals surface area contributed by atoms with Crippen LogP contribution >= 0.6 is 15.9 Å². The van der Waals surface area contributed by atoms with Gasteiger partial charge in [-0.3, -0.25) is 4.55 Å². The second-order valence-corrected chi connectivity index (χ2v) is 6.04. The van der Waals surface area contributed by atoms with Crippen LogP contribution in [0.5, 0.6) is 0 Å². The van der Waals surface area contributed by atoms with E-state index >= 15 is 0 Å². The zero-order chi connectivity index (χ0) is 7.71. The molecule has 0 rings (SSSR count). The van der Waals surface area contributed by atoms with Crippen molar-refractivity contribution >= 4 is 26.0 Å². The Morgan fingerprint density at radius 2 is 1.89 bits per heavy atom. The molecule has 0 aromatic carbocycles. The van der Waals surface area contributed by atoms with Gasteiger partial charge in [0.2, 0.25) is 0 Å². The fraction of sp³-hybridized carbons (Fsp3) is 1.00. The topological polar surface area (TPSA) is 54.4 Å². The Balaban J connectivity index is 4.07. The van der Waals surface area contributed by atoms with E-state index in [1.54, 1.807) is 13.8 Å². The van der Waals surface area contributed by atoms with Gasteiger partial charge in [-0.2, -0.15) is 8.42 Å². The molecule has 3 nitrogen and oxygen atoms in total. The molecule has 0 aliphatic rings. The quantitative estimate of drug-likeness (QED) is 0.555. The summed E-state index contributed by atoms with van der Waals surface area (Å²) in [5, 5.41) is 0. The van der Waals surface area contributed by atoms with Crippen molar-refractivity contribution in [2.75, 3.05) is 5.75 Å². The van der Waals surface area contributed by atoms with Crippen LogP contribution in [0.1, 0.15) is 13.8 Å². The molecule has 0 aliphatic carbocycles. The smallest absolute Gasteiger partial charge is 0.266 e. The molecule has 56 valence electrons. The standard InChI is InChI=1S/C4H9BrO3S/c1-4(2,5)3-9(6,7)8/h3H2,1-2H3,(H,6,7,8). The maximum Gasteiger partial charge on any atom is 0.266 e. The lowest BCUT2D eigenvalue weighted by atomic mass is 10.3. The lowest BCUT2D eigenvalue weighted by Crippen LogP contribution is -2.22. The van der Waals surface area contributed by atoms with Gasteiger partial charge in [0.25, 0.3) is 10.1 Å². The number of halogens is 1. The highest BCUT2D eigenvalue weighted by atomic mass is 79.9. The van der Waals surface area contributed by atoms with Crippen molar-refractivity contribution in [1.29, 1.82) is 0 Å². The van der Waals surface area contributed by atoms with Gasteiger partial charge in [-0.1, -0.05) is 15.9 Å². The van der Waals surface area contributed by atoms with E-state index in [1.807, 2.05) is 0 Å². The van der Waals surface area contributed by atoms with E-state index in [0.29, 0.717) is 0 Å². The lowest BCUT2D eigenvalue weighted by Gasteiger charge is -2.11. The molecule has 0 fully saturated rings. The summed E-state index contributed by atoms with van der Waals surface area (Å²) in [4.78, 5) is 0. The largest absolute Gasteiger partial charge is 0.286 e. The maximum absolute atomic E-state index is 10.2. The summed E-state index contributed by atoms with van der Waals surface area (Å²) >= 11 is 3.08. The molecular formula is C4H9BrO3S. The lowest BCUT2D eigenvalue weighted by molar-refractivity contribution is 0.478. The summed E-state index contributed by atoms with van der Waals surface area (Å²) in [5.41, 5.74) is 0. The molecule has 0 bridgehead atoms. The SMILES string of the molecule is CC(C)(Br)CS(=O)(=O)O. The van der Waals surface area contributed by atoms with Gasteiger partial charge in [0.1, 0.15) is 0 Å². The normalized spacial score (nSPS) is 13.8. The third kappa shape index (κ3) is 8.39. The summed E-state index contributed by atoms with van der Waals surface area (Å²) in [5.74, 6) is -0.264. The molecule has 0 heterocycles. The van der Waals surface area contributed by atoms with E-state index in [2.05, 4.69) is 15.9 Å². The molecule has 0 aliphatic heterocycles. The molecular weight excluding hydrogens is 208 g/mol. The summed E-state index contributed by atoms with van der Waals surface area (Å²) in [6, 6.07) is 0. The summed E-state index contributed by atoms with van der Waals surface area (Å²) in [6.07, 6.45) is 0. The molecule has 0 saturated carbocycles. The van der Waals surface area contributed by atoms with Gasteiger partial charge in [0.05, 0.1) is 5.75 Å². The van der Waals surface area contributed by atoms with E-state index < -0.39 is 14.4 Å². The summed E-state index contributed by atoms with van der Waals surface area (Å²) in [7, 11) is -3.83. The Hall–Kier alpha value is 0.390. The van der Waals surface area contributed by atoms with Gasteiger partial charge in [-0.05, 0) is 13.8 Å². The van der Waals surface area contributed by atoms with Crippen molar-refractivity contribution in [3.63, 3.8) is 0 Å². The first kappa shape index (κ1) is 9.39. The van der Waals surface area contributed by atoms with Crippen molar-refractivity contribution in [2.24, 2.45) is 0 Å². The number of alkyl halides is 1. The predicted octanol–water partition coefficient (Wildman–Crippen LogP) is 1.05. The number of rotatable bonds is 2. The van der Waals surface area contributed by atoms with Crippen molar-refractivity contribution in [2.45, 2.75) is 18.2 Å². The van der Waals surface area contributed by atoms with Crippen LogP contribution in [0.15, 0.2) is 0 Å². The molecule has 9 heavy (non-hydrogen) atoms. The second kappa shape index (κ2) is 2.56. The van der Waals surface area contributed by atoms with Crippen LogP contribution in [0.4, 0.5) is 0 Å². The van der Waals surface area contributed by atoms with E-state index in [9.17, 15) is 8.42 Å². The van der Waals surface area contributed by atoms with Gasteiger partial charge in [0, 0.05) is 4.32 Å². The average molecular weight is 217 g/mol. The van der Waals surface area contributed by atoms with Crippen molar-refractivity contribution in [3.05, 3.63) is 0 Å². The van der Waals surface area contributed by atoms with Crippen LogP contribution in [0, 0.1) is 0 Å². The molecule has 0 atom stereocenters. The fourth-order valence-electron chi connectivity index (χ4n) is 0.434. The predicted molar refractivity (Wildman–Crippen MR) is 39.4 cm³/mol. The Kier molecular flexibility index (Phi) is 2.67. The minimum Gasteiger partial charge on any atom is -0.286 e. The van der Waals surface area contributed by atoms with Gasteiger partial charge < -0.3 is 0 Å². The van der Waals surface area contributed by atoms with Gasteiger partial charge >= 0.3 is 0 Å². The van der Waals surface area contributed by atoms with Crippen LogP contribution in [0.3, 0.4) is 0 Å². The van der Waals surface area contributed by atoms with Crippen molar-refractivity contribution < 1.29 is 13.0 Å². The van der Waals surface area contributed by atoms with E-state index in [-0.39, 0.29) is 5.75 Å². The van der Waals surface area contributed by atoms with Crippen molar-refractivity contribution in [3.8, 4) is 0 Å². The molecule has 0 spiro atoms. The minimum absolute atomic E-state index is 0.264. The zero-order valence-electron chi connectivity index (χ0n) is 5.26. The third-order valence-electron chi connectivity index (χ3n) is 0.526. The number of hydrogen-bond acceptors (Lipinski definition) is 2. The first-order valence-electron chi connectivity index (χ1n) is 2.35. The van der Waals surface area contributed by atoms with E-state index in [0.717, 1.165) is 0 Å². The van der Waals surface area contributed by atoms with E-state index in [1.165, 1.54) is 0 Å². The van der Waals surface area contributed by atoms with Gasteiger partial charge in [-0.25, -0.2) is 0 Å². The fourth-order valence-corrected chi connectivity index (χ4v) is 2.17. The van der Waals surface area contributed by atoms with E-state index in [4.69, 9.17) is 4.55 Å². The summed E-state index contributed by atoms with van der Waals surface area (Å²) in [6.45, 7) is 3.33. The molecule has 0 aromatic heterocycles. The second-order valence-electron chi connectivity index (χ2n) is 2.44. The highest BCUT2D eigenvalue weighted by Gasteiger charge is 2.20. The van der Waals surface area contributed by atoms with Crippen LogP contribution in [0.2, 0.25) is 0 Å². The third-order valence-corrected chi connectivity index (χ3v) is 2.26. The Morgan fingerprint density at radius 3 is 1.89 bits per heavy atom. The number of hydrogen-bond donors (Lipinski definition) is 1. The van der Waals surface area contributed by atoms with Crippen LogP contribution in [-0.2, 0) is 10.1 Å². The van der Waals surface area contributed by atoms with Crippen LogP contribution in [-0.4, -0.2) is 23.0 Å². The van der Waals surface area contributed by atoms with Crippen LogP contribution in [0.25, 0.3) is 0 Å².